The molecule has 0 unspecified atom stereocenters. The number of aromatic amines is 1. The summed E-state index contributed by atoms with van der Waals surface area (Å²) in [6.45, 7) is -0.519. The van der Waals surface area contributed by atoms with Gasteiger partial charge in [-0.3, -0.25) is 14.3 Å². The van der Waals surface area contributed by atoms with Crippen molar-refractivity contribution in [3.8, 4) is 12.3 Å². The number of rotatable bonds is 2. The van der Waals surface area contributed by atoms with Gasteiger partial charge in [-0.05, 0) is 0 Å². The van der Waals surface area contributed by atoms with Gasteiger partial charge >= 0.3 is 5.69 Å². The lowest BCUT2D eigenvalue weighted by Gasteiger charge is -2.17. The van der Waals surface area contributed by atoms with Crippen molar-refractivity contribution in [1.29, 1.82) is 0 Å². The van der Waals surface area contributed by atoms with E-state index < -0.39 is 42.4 Å². The molecule has 8 nitrogen and oxygen atoms in total. The monoisotopic (exact) mass is 268 g/mol. The summed E-state index contributed by atoms with van der Waals surface area (Å²) in [5.74, 6) is 2.09. The van der Waals surface area contributed by atoms with Crippen molar-refractivity contribution in [1.82, 2.24) is 9.55 Å². The molecule has 0 amide bonds. The first-order chi connectivity index (χ1) is 8.99. The number of terminal acetylenes is 1. The molecule has 2 heterocycles. The zero-order valence-electron chi connectivity index (χ0n) is 9.68. The Labute approximate surface area is 106 Å². The Kier molecular flexibility index (Phi) is 3.55. The van der Waals surface area contributed by atoms with Gasteiger partial charge in [-0.25, -0.2) is 4.79 Å². The molecule has 0 bridgehead atoms. The molecular formula is C11H12N2O6. The van der Waals surface area contributed by atoms with Crippen LogP contribution < -0.4 is 11.2 Å². The first-order valence-corrected chi connectivity index (χ1v) is 5.44. The number of hydrogen-bond donors (Lipinski definition) is 4. The average molecular weight is 268 g/mol. The Bertz CT molecular complexity index is 627. The van der Waals surface area contributed by atoms with Gasteiger partial charge in [-0.2, -0.15) is 0 Å². The van der Waals surface area contributed by atoms with E-state index in [2.05, 4.69) is 5.92 Å². The van der Waals surface area contributed by atoms with Gasteiger partial charge in [0.15, 0.2) is 6.23 Å². The van der Waals surface area contributed by atoms with Gasteiger partial charge in [0.05, 0.1) is 6.61 Å². The predicted molar refractivity (Wildman–Crippen MR) is 62.3 cm³/mol. The Hall–Kier alpha value is -1.92. The molecule has 0 aliphatic carbocycles. The summed E-state index contributed by atoms with van der Waals surface area (Å²) < 4.78 is 6.04. The van der Waals surface area contributed by atoms with Crippen molar-refractivity contribution in [3.63, 3.8) is 0 Å². The number of aliphatic hydroxyl groups is 3. The van der Waals surface area contributed by atoms with Crippen LogP contribution in [-0.4, -0.2) is 49.8 Å². The maximum Gasteiger partial charge on any atom is 0.330 e. The summed E-state index contributed by atoms with van der Waals surface area (Å²) in [5.41, 5.74) is -1.67. The Morgan fingerprint density at radius 3 is 2.63 bits per heavy atom. The fourth-order valence-corrected chi connectivity index (χ4v) is 1.89. The van der Waals surface area contributed by atoms with Crippen molar-refractivity contribution < 1.29 is 20.1 Å². The number of ether oxygens (including phenoxy) is 1. The molecule has 0 aromatic carbocycles. The number of nitrogens with zero attached hydrogens (tertiary/aromatic N) is 1. The van der Waals surface area contributed by atoms with Crippen molar-refractivity contribution in [3.05, 3.63) is 32.6 Å². The van der Waals surface area contributed by atoms with E-state index in [4.69, 9.17) is 16.3 Å². The van der Waals surface area contributed by atoms with E-state index in [1.165, 1.54) is 0 Å². The Balaban J connectivity index is 2.46. The summed E-state index contributed by atoms with van der Waals surface area (Å²) in [5, 5.41) is 28.3. The number of hydrogen-bond acceptors (Lipinski definition) is 6. The van der Waals surface area contributed by atoms with E-state index in [1.807, 2.05) is 4.98 Å². The number of aliphatic hydroxyl groups excluding tert-OH is 3. The summed E-state index contributed by atoms with van der Waals surface area (Å²) in [6.07, 6.45) is 1.14. The molecule has 19 heavy (non-hydrogen) atoms. The fourth-order valence-electron chi connectivity index (χ4n) is 1.89. The number of nitrogens with one attached hydrogen (secondary N) is 1. The highest BCUT2D eigenvalue weighted by Gasteiger charge is 2.43. The lowest BCUT2D eigenvalue weighted by Crippen LogP contribution is -2.38. The van der Waals surface area contributed by atoms with E-state index in [-0.39, 0.29) is 5.56 Å². The Morgan fingerprint density at radius 1 is 1.42 bits per heavy atom. The molecular weight excluding hydrogens is 256 g/mol. The molecule has 102 valence electrons. The van der Waals surface area contributed by atoms with Crippen LogP contribution in [0.3, 0.4) is 0 Å². The van der Waals surface area contributed by atoms with Crippen LogP contribution in [0.25, 0.3) is 0 Å². The first kappa shape index (κ1) is 13.5. The lowest BCUT2D eigenvalue weighted by molar-refractivity contribution is -0.0550. The van der Waals surface area contributed by atoms with Crippen LogP contribution >= 0.6 is 0 Å². The van der Waals surface area contributed by atoms with Gasteiger partial charge in [0.2, 0.25) is 0 Å². The van der Waals surface area contributed by atoms with Gasteiger partial charge < -0.3 is 20.1 Å². The lowest BCUT2D eigenvalue weighted by atomic mass is 10.1. The molecule has 1 aromatic rings. The highest BCUT2D eigenvalue weighted by Crippen LogP contribution is 2.27. The van der Waals surface area contributed by atoms with Crippen molar-refractivity contribution in [2.45, 2.75) is 24.5 Å². The molecule has 0 radical (unpaired) electrons. The molecule has 1 fully saturated rings. The molecule has 1 aliphatic rings. The highest BCUT2D eigenvalue weighted by molar-refractivity contribution is 5.26. The molecule has 0 spiro atoms. The van der Waals surface area contributed by atoms with E-state index in [1.54, 1.807) is 0 Å². The third kappa shape index (κ3) is 2.20. The van der Waals surface area contributed by atoms with E-state index in [0.717, 1.165) is 10.8 Å². The molecule has 1 saturated heterocycles. The van der Waals surface area contributed by atoms with Crippen LogP contribution in [0.4, 0.5) is 0 Å². The minimum atomic E-state index is -1.42. The van der Waals surface area contributed by atoms with Gasteiger partial charge in [-0.15, -0.1) is 6.42 Å². The quantitative estimate of drug-likeness (QED) is 0.427. The van der Waals surface area contributed by atoms with Crippen molar-refractivity contribution >= 4 is 0 Å². The molecule has 4 N–H and O–H groups in total. The van der Waals surface area contributed by atoms with Crippen molar-refractivity contribution in [2.24, 2.45) is 0 Å². The van der Waals surface area contributed by atoms with Crippen LogP contribution in [-0.2, 0) is 4.74 Å². The zero-order chi connectivity index (χ0) is 14.2. The Morgan fingerprint density at radius 2 is 2.11 bits per heavy atom. The molecule has 2 rings (SSSR count). The van der Waals surface area contributed by atoms with Gasteiger partial charge in [0, 0.05) is 6.20 Å². The van der Waals surface area contributed by atoms with Crippen LogP contribution in [0.5, 0.6) is 0 Å². The predicted octanol–water partition coefficient (Wildman–Crippen LogP) is -2.87. The van der Waals surface area contributed by atoms with Crippen LogP contribution in [0, 0.1) is 12.3 Å². The van der Waals surface area contributed by atoms with Crippen LogP contribution in [0.1, 0.15) is 11.8 Å². The summed E-state index contributed by atoms with van der Waals surface area (Å²) >= 11 is 0. The summed E-state index contributed by atoms with van der Waals surface area (Å²) in [4.78, 5) is 24.9. The third-order valence-electron chi connectivity index (χ3n) is 2.91. The second-order valence-electron chi connectivity index (χ2n) is 4.08. The largest absolute Gasteiger partial charge is 0.394 e. The van der Waals surface area contributed by atoms with Crippen LogP contribution in [0.15, 0.2) is 15.8 Å². The molecule has 1 aromatic heterocycles. The standard InChI is InChI=1S/C11H12N2O6/c1-2-5-3-13(11(18)12-9(5)17)10-8(16)7(15)6(4-14)19-10/h1,3,6-8,10,14-16H,4H2,(H,12,17,18)/t6-,7-,8+,10+/m1/s1. The smallest absolute Gasteiger partial charge is 0.330 e. The highest BCUT2D eigenvalue weighted by atomic mass is 16.6. The third-order valence-corrected chi connectivity index (χ3v) is 2.91. The second kappa shape index (κ2) is 4.99. The number of H-pyrrole nitrogens is 1. The van der Waals surface area contributed by atoms with Gasteiger partial charge in [0.1, 0.15) is 23.9 Å². The average Bonchev–Trinajstić information content (AvgIpc) is 2.67. The number of aromatic nitrogens is 2. The second-order valence-corrected chi connectivity index (χ2v) is 4.08. The maximum atomic E-state index is 11.6. The van der Waals surface area contributed by atoms with Gasteiger partial charge in [0.25, 0.3) is 5.56 Å². The van der Waals surface area contributed by atoms with Crippen LogP contribution in [0.2, 0.25) is 0 Å². The minimum absolute atomic E-state index is 0.114. The molecule has 8 heteroatoms. The van der Waals surface area contributed by atoms with Gasteiger partial charge in [-0.1, -0.05) is 5.92 Å². The topological polar surface area (TPSA) is 125 Å². The van der Waals surface area contributed by atoms with E-state index in [9.17, 15) is 19.8 Å². The fraction of sp³-hybridized carbons (Fsp3) is 0.455. The maximum absolute atomic E-state index is 11.6. The molecule has 1 aliphatic heterocycles. The molecule has 0 saturated carbocycles. The van der Waals surface area contributed by atoms with E-state index in [0.29, 0.717) is 0 Å². The molecule has 4 atom stereocenters. The van der Waals surface area contributed by atoms with Crippen molar-refractivity contribution in [2.75, 3.05) is 6.61 Å². The SMILES string of the molecule is C#Cc1cn([C@H]2O[C@H](CO)[C@@H](O)[C@@H]2O)c(=O)[nH]c1=O. The minimum Gasteiger partial charge on any atom is -0.394 e. The normalized spacial score (nSPS) is 30.2. The summed E-state index contributed by atoms with van der Waals surface area (Å²) in [6, 6.07) is 0. The first-order valence-electron chi connectivity index (χ1n) is 5.44. The zero-order valence-corrected chi connectivity index (χ0v) is 9.68. The summed E-state index contributed by atoms with van der Waals surface area (Å²) in [7, 11) is 0. The van der Waals surface area contributed by atoms with E-state index >= 15 is 0 Å².